The fraction of sp³-hybridized carbons (Fsp3) is 0.467. The number of morpholine rings is 1. The molecule has 0 amide bonds. The SMILES string of the molecule is c1ccc2c(c1)OCC2c1noc(CC2COCCN2)n1. The molecule has 6 heteroatoms. The van der Waals surface area contributed by atoms with Gasteiger partial charge in [-0.15, -0.1) is 0 Å². The fourth-order valence-corrected chi connectivity index (χ4v) is 2.83. The van der Waals surface area contributed by atoms with E-state index in [1.165, 1.54) is 0 Å². The highest BCUT2D eigenvalue weighted by Crippen LogP contribution is 2.36. The molecule has 1 fully saturated rings. The molecule has 0 radical (unpaired) electrons. The minimum absolute atomic E-state index is 0.0641. The first-order chi connectivity index (χ1) is 10.4. The Morgan fingerprint density at radius 1 is 1.24 bits per heavy atom. The van der Waals surface area contributed by atoms with Crippen LogP contribution in [0.4, 0.5) is 0 Å². The van der Waals surface area contributed by atoms with E-state index in [1.54, 1.807) is 0 Å². The van der Waals surface area contributed by atoms with Gasteiger partial charge in [-0.1, -0.05) is 23.4 Å². The molecule has 2 aromatic rings. The summed E-state index contributed by atoms with van der Waals surface area (Å²) in [5.74, 6) is 2.33. The van der Waals surface area contributed by atoms with Crippen molar-refractivity contribution in [2.75, 3.05) is 26.4 Å². The van der Waals surface area contributed by atoms with Gasteiger partial charge in [0.05, 0.1) is 19.1 Å². The van der Waals surface area contributed by atoms with Crippen molar-refractivity contribution in [2.24, 2.45) is 0 Å². The van der Waals surface area contributed by atoms with Gasteiger partial charge in [0.2, 0.25) is 5.89 Å². The maximum atomic E-state index is 5.67. The number of hydrogen-bond acceptors (Lipinski definition) is 6. The molecule has 1 N–H and O–H groups in total. The second kappa shape index (κ2) is 5.46. The van der Waals surface area contributed by atoms with Gasteiger partial charge in [-0.2, -0.15) is 4.98 Å². The van der Waals surface area contributed by atoms with Gasteiger partial charge in [-0.25, -0.2) is 0 Å². The molecule has 1 aromatic carbocycles. The van der Waals surface area contributed by atoms with E-state index in [1.807, 2.05) is 18.2 Å². The van der Waals surface area contributed by atoms with Crippen molar-refractivity contribution >= 4 is 0 Å². The topological polar surface area (TPSA) is 69.4 Å². The zero-order chi connectivity index (χ0) is 14.1. The van der Waals surface area contributed by atoms with Crippen LogP contribution in [0.2, 0.25) is 0 Å². The van der Waals surface area contributed by atoms with Crippen LogP contribution in [0.1, 0.15) is 23.2 Å². The molecule has 1 aromatic heterocycles. The van der Waals surface area contributed by atoms with Crippen molar-refractivity contribution in [3.8, 4) is 5.75 Å². The summed E-state index contributed by atoms with van der Waals surface area (Å²) >= 11 is 0. The van der Waals surface area contributed by atoms with Crippen molar-refractivity contribution in [3.05, 3.63) is 41.5 Å². The molecular formula is C15H17N3O3. The van der Waals surface area contributed by atoms with E-state index in [4.69, 9.17) is 14.0 Å². The molecule has 1 saturated heterocycles. The van der Waals surface area contributed by atoms with Crippen LogP contribution < -0.4 is 10.1 Å². The Bertz CT molecular complexity index is 622. The number of benzene rings is 1. The molecular weight excluding hydrogens is 270 g/mol. The van der Waals surface area contributed by atoms with Gasteiger partial charge < -0.3 is 19.3 Å². The summed E-state index contributed by atoms with van der Waals surface area (Å²) in [5.41, 5.74) is 1.13. The minimum atomic E-state index is 0.0641. The predicted molar refractivity (Wildman–Crippen MR) is 74.4 cm³/mol. The first-order valence-corrected chi connectivity index (χ1v) is 7.25. The molecule has 110 valence electrons. The lowest BCUT2D eigenvalue weighted by atomic mass is 10.0. The van der Waals surface area contributed by atoms with Crippen LogP contribution >= 0.6 is 0 Å². The van der Waals surface area contributed by atoms with Crippen LogP contribution in [0.25, 0.3) is 0 Å². The van der Waals surface area contributed by atoms with Crippen molar-refractivity contribution in [2.45, 2.75) is 18.4 Å². The Labute approximate surface area is 122 Å². The molecule has 0 spiro atoms. The van der Waals surface area contributed by atoms with E-state index in [-0.39, 0.29) is 12.0 Å². The van der Waals surface area contributed by atoms with Gasteiger partial charge in [0.1, 0.15) is 12.4 Å². The number of nitrogens with zero attached hydrogens (tertiary/aromatic N) is 2. The average Bonchev–Trinajstić information content (AvgIpc) is 3.14. The molecule has 3 heterocycles. The van der Waals surface area contributed by atoms with Gasteiger partial charge in [-0.3, -0.25) is 0 Å². The van der Waals surface area contributed by atoms with Crippen LogP contribution in [-0.2, 0) is 11.2 Å². The van der Waals surface area contributed by atoms with E-state index < -0.39 is 0 Å². The normalized spacial score (nSPS) is 24.6. The summed E-state index contributed by atoms with van der Waals surface area (Å²) in [6.45, 7) is 2.90. The third kappa shape index (κ3) is 2.52. The second-order valence-corrected chi connectivity index (χ2v) is 5.38. The Balaban J connectivity index is 1.50. The Hall–Kier alpha value is -1.92. The fourth-order valence-electron chi connectivity index (χ4n) is 2.83. The first-order valence-electron chi connectivity index (χ1n) is 7.25. The summed E-state index contributed by atoms with van der Waals surface area (Å²) in [5, 5.41) is 7.51. The number of ether oxygens (including phenoxy) is 2. The van der Waals surface area contributed by atoms with Crippen LogP contribution in [0.15, 0.2) is 28.8 Å². The average molecular weight is 287 g/mol. The third-order valence-electron chi connectivity index (χ3n) is 3.91. The van der Waals surface area contributed by atoms with E-state index in [9.17, 15) is 0 Å². The van der Waals surface area contributed by atoms with E-state index in [0.717, 1.165) is 24.5 Å². The molecule has 2 atom stereocenters. The summed E-state index contributed by atoms with van der Waals surface area (Å²) in [7, 11) is 0. The van der Waals surface area contributed by atoms with E-state index in [0.29, 0.717) is 31.3 Å². The van der Waals surface area contributed by atoms with E-state index >= 15 is 0 Å². The van der Waals surface area contributed by atoms with Crippen molar-refractivity contribution in [3.63, 3.8) is 0 Å². The standard InChI is InChI=1S/C15H17N3O3/c1-2-4-13-11(3-1)12(9-20-13)15-17-14(21-18-15)7-10-8-19-6-5-16-10/h1-4,10,12,16H,5-9H2. The van der Waals surface area contributed by atoms with Gasteiger partial charge in [0.25, 0.3) is 0 Å². The quantitative estimate of drug-likeness (QED) is 0.912. The van der Waals surface area contributed by atoms with Crippen molar-refractivity contribution in [1.82, 2.24) is 15.5 Å². The number of rotatable bonds is 3. The highest BCUT2D eigenvalue weighted by Gasteiger charge is 2.29. The summed E-state index contributed by atoms with van der Waals surface area (Å²) in [4.78, 5) is 4.53. The Morgan fingerprint density at radius 2 is 2.19 bits per heavy atom. The van der Waals surface area contributed by atoms with Crippen LogP contribution in [0, 0.1) is 0 Å². The number of nitrogens with one attached hydrogen (secondary N) is 1. The smallest absolute Gasteiger partial charge is 0.228 e. The lowest BCUT2D eigenvalue weighted by Crippen LogP contribution is -2.42. The van der Waals surface area contributed by atoms with Gasteiger partial charge in [0, 0.05) is 24.6 Å². The van der Waals surface area contributed by atoms with Gasteiger partial charge in [0.15, 0.2) is 5.82 Å². The minimum Gasteiger partial charge on any atom is -0.492 e. The van der Waals surface area contributed by atoms with Crippen LogP contribution in [-0.4, -0.2) is 42.5 Å². The molecule has 0 aliphatic carbocycles. The van der Waals surface area contributed by atoms with Crippen LogP contribution in [0.3, 0.4) is 0 Å². The molecule has 0 bridgehead atoms. The molecule has 2 aliphatic rings. The number of hydrogen-bond donors (Lipinski definition) is 1. The Morgan fingerprint density at radius 3 is 3.10 bits per heavy atom. The zero-order valence-electron chi connectivity index (χ0n) is 11.6. The third-order valence-corrected chi connectivity index (χ3v) is 3.91. The van der Waals surface area contributed by atoms with Gasteiger partial charge in [-0.05, 0) is 6.07 Å². The molecule has 6 nitrogen and oxygen atoms in total. The first kappa shape index (κ1) is 12.8. The van der Waals surface area contributed by atoms with Crippen molar-refractivity contribution < 1.29 is 14.0 Å². The molecule has 2 aliphatic heterocycles. The molecule has 21 heavy (non-hydrogen) atoms. The highest BCUT2D eigenvalue weighted by atomic mass is 16.5. The zero-order valence-corrected chi connectivity index (χ0v) is 11.6. The maximum absolute atomic E-state index is 5.67. The van der Waals surface area contributed by atoms with Crippen LogP contribution in [0.5, 0.6) is 5.75 Å². The monoisotopic (exact) mass is 287 g/mol. The second-order valence-electron chi connectivity index (χ2n) is 5.38. The predicted octanol–water partition coefficient (Wildman–Crippen LogP) is 1.12. The molecule has 0 saturated carbocycles. The molecule has 4 rings (SSSR count). The number of para-hydroxylation sites is 1. The largest absolute Gasteiger partial charge is 0.492 e. The summed E-state index contributed by atoms with van der Waals surface area (Å²) in [6, 6.07) is 8.25. The highest BCUT2D eigenvalue weighted by molar-refractivity contribution is 5.42. The summed E-state index contributed by atoms with van der Waals surface area (Å²) in [6.07, 6.45) is 0.697. The lowest BCUT2D eigenvalue weighted by Gasteiger charge is -2.22. The lowest BCUT2D eigenvalue weighted by molar-refractivity contribution is 0.0744. The van der Waals surface area contributed by atoms with Gasteiger partial charge >= 0.3 is 0 Å². The van der Waals surface area contributed by atoms with Crippen molar-refractivity contribution in [1.29, 1.82) is 0 Å². The number of fused-ring (bicyclic) bond motifs is 1. The van der Waals surface area contributed by atoms with E-state index in [2.05, 4.69) is 21.5 Å². The maximum Gasteiger partial charge on any atom is 0.228 e. The number of aromatic nitrogens is 2. The summed E-state index contributed by atoms with van der Waals surface area (Å²) < 4.78 is 16.5. The molecule has 2 unspecified atom stereocenters. The Kier molecular flexibility index (Phi) is 3.33.